The molecule has 3 nitrogen and oxygen atoms in total. The Morgan fingerprint density at radius 1 is 1.18 bits per heavy atom. The molecule has 0 aromatic heterocycles. The van der Waals surface area contributed by atoms with E-state index in [-0.39, 0.29) is 18.6 Å². The standard InChI is InChI=1S/C18H20ClNO2/c1-13-7-5-10-15(17(13)19)18(22)20-16(11-6-12-21)14-8-3-2-4-9-14/h2-5,7-10,16,21H,6,11-12H2,1H3,(H,20,22). The summed E-state index contributed by atoms with van der Waals surface area (Å²) in [6.45, 7) is 1.98. The molecule has 2 aromatic carbocycles. The molecule has 0 radical (unpaired) electrons. The number of benzene rings is 2. The van der Waals surface area contributed by atoms with Crippen molar-refractivity contribution in [2.45, 2.75) is 25.8 Å². The number of aliphatic hydroxyl groups is 1. The van der Waals surface area contributed by atoms with Crippen LogP contribution in [-0.4, -0.2) is 17.6 Å². The predicted molar refractivity (Wildman–Crippen MR) is 89.2 cm³/mol. The molecule has 0 fully saturated rings. The van der Waals surface area contributed by atoms with Crippen LogP contribution in [0.4, 0.5) is 0 Å². The molecule has 22 heavy (non-hydrogen) atoms. The van der Waals surface area contributed by atoms with Gasteiger partial charge in [-0.1, -0.05) is 54.1 Å². The van der Waals surface area contributed by atoms with Crippen molar-refractivity contribution in [2.24, 2.45) is 0 Å². The van der Waals surface area contributed by atoms with Gasteiger partial charge in [-0.2, -0.15) is 0 Å². The SMILES string of the molecule is Cc1cccc(C(=O)NC(CCCO)c2ccccc2)c1Cl. The Labute approximate surface area is 135 Å². The lowest BCUT2D eigenvalue weighted by atomic mass is 10.0. The Balaban J connectivity index is 2.19. The third-order valence-corrected chi connectivity index (χ3v) is 4.10. The van der Waals surface area contributed by atoms with Gasteiger partial charge in [0.05, 0.1) is 16.6 Å². The fourth-order valence-corrected chi connectivity index (χ4v) is 2.57. The van der Waals surface area contributed by atoms with Gasteiger partial charge in [0, 0.05) is 6.61 Å². The Morgan fingerprint density at radius 3 is 2.59 bits per heavy atom. The maximum Gasteiger partial charge on any atom is 0.253 e. The van der Waals surface area contributed by atoms with E-state index in [0.29, 0.717) is 23.4 Å². The number of aliphatic hydroxyl groups excluding tert-OH is 1. The molecule has 0 aliphatic carbocycles. The summed E-state index contributed by atoms with van der Waals surface area (Å²) in [7, 11) is 0. The molecule has 0 spiro atoms. The second-order valence-electron chi connectivity index (χ2n) is 5.24. The third kappa shape index (κ3) is 4.09. The zero-order chi connectivity index (χ0) is 15.9. The lowest BCUT2D eigenvalue weighted by Crippen LogP contribution is -2.29. The third-order valence-electron chi connectivity index (χ3n) is 3.59. The topological polar surface area (TPSA) is 49.3 Å². The van der Waals surface area contributed by atoms with E-state index in [0.717, 1.165) is 11.1 Å². The molecular weight excluding hydrogens is 298 g/mol. The lowest BCUT2D eigenvalue weighted by molar-refractivity contribution is 0.0932. The first kappa shape index (κ1) is 16.5. The van der Waals surface area contributed by atoms with Gasteiger partial charge in [0.1, 0.15) is 0 Å². The highest BCUT2D eigenvalue weighted by molar-refractivity contribution is 6.34. The smallest absolute Gasteiger partial charge is 0.253 e. The summed E-state index contributed by atoms with van der Waals surface area (Å²) in [5.41, 5.74) is 2.38. The van der Waals surface area contributed by atoms with E-state index >= 15 is 0 Å². The lowest BCUT2D eigenvalue weighted by Gasteiger charge is -2.19. The van der Waals surface area contributed by atoms with Crippen LogP contribution >= 0.6 is 11.6 Å². The van der Waals surface area contributed by atoms with Crippen molar-refractivity contribution >= 4 is 17.5 Å². The molecule has 0 saturated carbocycles. The van der Waals surface area contributed by atoms with Crippen molar-refractivity contribution in [3.63, 3.8) is 0 Å². The van der Waals surface area contributed by atoms with Crippen LogP contribution in [0.3, 0.4) is 0 Å². The predicted octanol–water partition coefficient (Wildman–Crippen LogP) is 3.89. The number of rotatable bonds is 6. The maximum atomic E-state index is 12.5. The van der Waals surface area contributed by atoms with E-state index in [2.05, 4.69) is 5.32 Å². The molecule has 1 atom stereocenters. The molecule has 2 N–H and O–H groups in total. The Kier molecular flexibility index (Phi) is 5.99. The van der Waals surface area contributed by atoms with Crippen LogP contribution in [0.2, 0.25) is 5.02 Å². The molecule has 2 rings (SSSR count). The van der Waals surface area contributed by atoms with Crippen molar-refractivity contribution in [3.05, 3.63) is 70.2 Å². The molecular formula is C18H20ClNO2. The Hall–Kier alpha value is -1.84. The second-order valence-corrected chi connectivity index (χ2v) is 5.62. The number of nitrogens with one attached hydrogen (secondary N) is 1. The number of halogens is 1. The largest absolute Gasteiger partial charge is 0.396 e. The average Bonchev–Trinajstić information content (AvgIpc) is 2.54. The minimum atomic E-state index is -0.194. The molecule has 0 aliphatic rings. The Bertz CT molecular complexity index is 628. The highest BCUT2D eigenvalue weighted by Crippen LogP contribution is 2.23. The van der Waals surface area contributed by atoms with E-state index in [1.807, 2.05) is 49.4 Å². The average molecular weight is 318 g/mol. The molecule has 0 heterocycles. The number of hydrogen-bond donors (Lipinski definition) is 2. The summed E-state index contributed by atoms with van der Waals surface area (Å²) >= 11 is 6.22. The zero-order valence-corrected chi connectivity index (χ0v) is 13.3. The van der Waals surface area contributed by atoms with Crippen molar-refractivity contribution in [2.75, 3.05) is 6.61 Å². The monoisotopic (exact) mass is 317 g/mol. The first-order valence-electron chi connectivity index (χ1n) is 7.35. The van der Waals surface area contributed by atoms with Gasteiger partial charge in [0.25, 0.3) is 5.91 Å². The molecule has 0 bridgehead atoms. The normalized spacial score (nSPS) is 12.0. The zero-order valence-electron chi connectivity index (χ0n) is 12.6. The van der Waals surface area contributed by atoms with Gasteiger partial charge in [-0.05, 0) is 37.0 Å². The summed E-state index contributed by atoms with van der Waals surface area (Å²) in [4.78, 5) is 12.5. The summed E-state index contributed by atoms with van der Waals surface area (Å²) in [6.07, 6.45) is 1.30. The fourth-order valence-electron chi connectivity index (χ4n) is 2.36. The van der Waals surface area contributed by atoms with Gasteiger partial charge in [-0.25, -0.2) is 0 Å². The fraction of sp³-hybridized carbons (Fsp3) is 0.278. The van der Waals surface area contributed by atoms with Crippen molar-refractivity contribution in [3.8, 4) is 0 Å². The van der Waals surface area contributed by atoms with Crippen LogP contribution in [0.25, 0.3) is 0 Å². The van der Waals surface area contributed by atoms with Crippen LogP contribution in [0.5, 0.6) is 0 Å². The highest BCUT2D eigenvalue weighted by atomic mass is 35.5. The molecule has 4 heteroatoms. The number of carbonyl (C=O) groups is 1. The number of amides is 1. The van der Waals surface area contributed by atoms with E-state index < -0.39 is 0 Å². The van der Waals surface area contributed by atoms with Crippen molar-refractivity contribution < 1.29 is 9.90 Å². The summed E-state index contributed by atoms with van der Waals surface area (Å²) in [5.74, 6) is -0.194. The van der Waals surface area contributed by atoms with Crippen LogP contribution < -0.4 is 5.32 Å². The van der Waals surface area contributed by atoms with Gasteiger partial charge < -0.3 is 10.4 Å². The van der Waals surface area contributed by atoms with E-state index in [1.54, 1.807) is 6.07 Å². The molecule has 2 aromatic rings. The van der Waals surface area contributed by atoms with Crippen molar-refractivity contribution in [1.29, 1.82) is 0 Å². The maximum absolute atomic E-state index is 12.5. The number of aryl methyl sites for hydroxylation is 1. The summed E-state index contributed by atoms with van der Waals surface area (Å²) < 4.78 is 0. The summed E-state index contributed by atoms with van der Waals surface area (Å²) in [6, 6.07) is 15.0. The van der Waals surface area contributed by atoms with Crippen LogP contribution in [-0.2, 0) is 0 Å². The van der Waals surface area contributed by atoms with Gasteiger partial charge in [0.15, 0.2) is 0 Å². The number of hydrogen-bond acceptors (Lipinski definition) is 2. The van der Waals surface area contributed by atoms with Crippen LogP contribution in [0.15, 0.2) is 48.5 Å². The van der Waals surface area contributed by atoms with E-state index in [9.17, 15) is 4.79 Å². The second kappa shape index (κ2) is 7.97. The molecule has 0 aliphatic heterocycles. The molecule has 0 saturated heterocycles. The van der Waals surface area contributed by atoms with Crippen molar-refractivity contribution in [1.82, 2.24) is 5.32 Å². The quantitative estimate of drug-likeness (QED) is 0.849. The van der Waals surface area contributed by atoms with E-state index in [1.165, 1.54) is 0 Å². The first-order valence-corrected chi connectivity index (χ1v) is 7.73. The van der Waals surface area contributed by atoms with Gasteiger partial charge in [-0.3, -0.25) is 4.79 Å². The van der Waals surface area contributed by atoms with E-state index in [4.69, 9.17) is 16.7 Å². The highest BCUT2D eigenvalue weighted by Gasteiger charge is 2.17. The number of carbonyl (C=O) groups excluding carboxylic acids is 1. The van der Waals surface area contributed by atoms with Gasteiger partial charge in [-0.15, -0.1) is 0 Å². The van der Waals surface area contributed by atoms with Gasteiger partial charge in [0.2, 0.25) is 0 Å². The first-order chi connectivity index (χ1) is 10.6. The molecule has 1 unspecified atom stereocenters. The van der Waals surface area contributed by atoms with Crippen LogP contribution in [0, 0.1) is 6.92 Å². The summed E-state index contributed by atoms with van der Waals surface area (Å²) in [5, 5.41) is 12.6. The van der Waals surface area contributed by atoms with Gasteiger partial charge >= 0.3 is 0 Å². The minimum Gasteiger partial charge on any atom is -0.396 e. The Morgan fingerprint density at radius 2 is 1.91 bits per heavy atom. The molecule has 1 amide bonds. The molecule has 116 valence electrons. The van der Waals surface area contributed by atoms with Crippen LogP contribution in [0.1, 0.15) is 40.4 Å². The minimum absolute atomic E-state index is 0.102.